The lowest BCUT2D eigenvalue weighted by Crippen LogP contribution is -2.33. The molecule has 1 fully saturated rings. The highest BCUT2D eigenvalue weighted by Gasteiger charge is 2.09. The molecule has 2 aromatic rings. The highest BCUT2D eigenvalue weighted by Crippen LogP contribution is 2.28. The van der Waals surface area contributed by atoms with Crippen molar-refractivity contribution < 1.29 is 0 Å². The van der Waals surface area contributed by atoms with Gasteiger partial charge in [0.05, 0.1) is 10.2 Å². The zero-order chi connectivity index (χ0) is 13.1. The molecule has 102 valence electrons. The van der Waals surface area contributed by atoms with Crippen molar-refractivity contribution in [3.05, 3.63) is 22.7 Å². The number of halogens is 1. The van der Waals surface area contributed by atoms with E-state index in [1.807, 2.05) is 6.07 Å². The van der Waals surface area contributed by atoms with Gasteiger partial charge in [-0.05, 0) is 44.1 Å². The molecule has 1 aromatic heterocycles. The molecule has 1 aliphatic heterocycles. The molecule has 0 amide bonds. The fourth-order valence-corrected chi connectivity index (χ4v) is 3.92. The van der Waals surface area contributed by atoms with Gasteiger partial charge in [-0.2, -0.15) is 0 Å². The zero-order valence-electron chi connectivity index (χ0n) is 10.9. The van der Waals surface area contributed by atoms with Crippen LogP contribution in [0.15, 0.2) is 22.7 Å². The van der Waals surface area contributed by atoms with Gasteiger partial charge in [-0.15, -0.1) is 0 Å². The molecule has 0 atom stereocenters. The highest BCUT2D eigenvalue weighted by molar-refractivity contribution is 9.10. The lowest BCUT2D eigenvalue weighted by atomic mass is 10.1. The van der Waals surface area contributed by atoms with Gasteiger partial charge in [0, 0.05) is 17.6 Å². The fraction of sp³-hybridized carbons (Fsp3) is 0.500. The predicted octanol–water partition coefficient (Wildman–Crippen LogP) is 3.96. The summed E-state index contributed by atoms with van der Waals surface area (Å²) in [5.41, 5.74) is 1.08. The Morgan fingerprint density at radius 3 is 2.95 bits per heavy atom. The summed E-state index contributed by atoms with van der Waals surface area (Å²) in [6, 6.07) is 6.23. The summed E-state index contributed by atoms with van der Waals surface area (Å²) < 4.78 is 2.35. The largest absolute Gasteiger partial charge is 0.360 e. The first-order valence-electron chi connectivity index (χ1n) is 6.83. The van der Waals surface area contributed by atoms with E-state index in [0.29, 0.717) is 0 Å². The van der Waals surface area contributed by atoms with Gasteiger partial charge in [0.1, 0.15) is 0 Å². The number of piperidine rings is 1. The van der Waals surface area contributed by atoms with E-state index in [-0.39, 0.29) is 0 Å². The van der Waals surface area contributed by atoms with E-state index >= 15 is 0 Å². The van der Waals surface area contributed by atoms with Crippen LogP contribution in [0.4, 0.5) is 5.13 Å². The van der Waals surface area contributed by atoms with Crippen LogP contribution in [0.25, 0.3) is 10.2 Å². The third-order valence-corrected chi connectivity index (χ3v) is 4.97. The van der Waals surface area contributed by atoms with E-state index in [9.17, 15) is 0 Å². The minimum Gasteiger partial charge on any atom is -0.360 e. The van der Waals surface area contributed by atoms with Crippen LogP contribution in [0.3, 0.4) is 0 Å². The molecule has 5 heteroatoms. The van der Waals surface area contributed by atoms with Crippen molar-refractivity contribution in [3.8, 4) is 0 Å². The molecule has 0 radical (unpaired) electrons. The molecule has 1 aliphatic rings. The summed E-state index contributed by atoms with van der Waals surface area (Å²) in [7, 11) is 0. The van der Waals surface area contributed by atoms with Crippen molar-refractivity contribution >= 4 is 42.6 Å². The predicted molar refractivity (Wildman–Crippen MR) is 86.1 cm³/mol. The zero-order valence-corrected chi connectivity index (χ0v) is 13.3. The second-order valence-electron chi connectivity index (χ2n) is 4.96. The molecule has 1 saturated heterocycles. The molecular weight excluding hydrogens is 322 g/mol. The molecule has 0 spiro atoms. The van der Waals surface area contributed by atoms with Gasteiger partial charge in [-0.3, -0.25) is 0 Å². The van der Waals surface area contributed by atoms with E-state index in [1.165, 1.54) is 37.1 Å². The summed E-state index contributed by atoms with van der Waals surface area (Å²) in [4.78, 5) is 7.15. The van der Waals surface area contributed by atoms with Crippen molar-refractivity contribution in [1.82, 2.24) is 9.88 Å². The average Bonchev–Trinajstić information content (AvgIpc) is 2.82. The number of likely N-dealkylation sites (tertiary alicyclic amines) is 1. The summed E-state index contributed by atoms with van der Waals surface area (Å²) in [6.07, 6.45) is 4.11. The Kier molecular flexibility index (Phi) is 4.35. The Balaban J connectivity index is 1.56. The van der Waals surface area contributed by atoms with Gasteiger partial charge in [0.2, 0.25) is 0 Å². The van der Waals surface area contributed by atoms with Crippen LogP contribution in [-0.2, 0) is 0 Å². The smallest absolute Gasteiger partial charge is 0.183 e. The maximum atomic E-state index is 4.60. The molecule has 3 nitrogen and oxygen atoms in total. The summed E-state index contributed by atoms with van der Waals surface area (Å²) in [5.74, 6) is 0. The van der Waals surface area contributed by atoms with E-state index in [1.54, 1.807) is 11.3 Å². The quantitative estimate of drug-likeness (QED) is 0.913. The Morgan fingerprint density at radius 1 is 1.26 bits per heavy atom. The topological polar surface area (TPSA) is 28.2 Å². The number of rotatable bonds is 4. The van der Waals surface area contributed by atoms with Crippen LogP contribution in [0.2, 0.25) is 0 Å². The van der Waals surface area contributed by atoms with Gasteiger partial charge in [-0.25, -0.2) is 4.98 Å². The van der Waals surface area contributed by atoms with Gasteiger partial charge >= 0.3 is 0 Å². The third-order valence-electron chi connectivity index (χ3n) is 3.50. The number of nitrogens with zero attached hydrogens (tertiary/aromatic N) is 2. The van der Waals surface area contributed by atoms with E-state index in [2.05, 4.69) is 43.3 Å². The van der Waals surface area contributed by atoms with Crippen molar-refractivity contribution in [3.63, 3.8) is 0 Å². The van der Waals surface area contributed by atoms with Crippen LogP contribution in [0, 0.1) is 0 Å². The number of hydrogen-bond donors (Lipinski definition) is 1. The molecule has 2 heterocycles. The molecule has 1 aromatic carbocycles. The Hall–Kier alpha value is -0.650. The minimum atomic E-state index is 0.987. The molecule has 1 N–H and O–H groups in total. The number of nitrogens with one attached hydrogen (secondary N) is 1. The van der Waals surface area contributed by atoms with Crippen LogP contribution in [0.5, 0.6) is 0 Å². The first kappa shape index (κ1) is 13.3. The molecule has 3 rings (SSSR count). The highest BCUT2D eigenvalue weighted by atomic mass is 79.9. The Bertz CT molecular complexity index is 549. The van der Waals surface area contributed by atoms with Crippen molar-refractivity contribution in [2.24, 2.45) is 0 Å². The first-order chi connectivity index (χ1) is 9.31. The van der Waals surface area contributed by atoms with Crippen LogP contribution in [-0.4, -0.2) is 36.1 Å². The van der Waals surface area contributed by atoms with Crippen LogP contribution < -0.4 is 5.32 Å². The summed E-state index contributed by atoms with van der Waals surface area (Å²) in [5, 5.41) is 4.48. The Morgan fingerprint density at radius 2 is 2.11 bits per heavy atom. The molecule has 0 bridgehead atoms. The number of aromatic nitrogens is 1. The van der Waals surface area contributed by atoms with E-state index in [0.717, 1.165) is 28.2 Å². The monoisotopic (exact) mass is 339 g/mol. The molecule has 0 unspecified atom stereocenters. The fourth-order valence-electron chi connectivity index (χ4n) is 2.48. The minimum absolute atomic E-state index is 0.987. The molecule has 0 saturated carbocycles. The lowest BCUT2D eigenvalue weighted by molar-refractivity contribution is 0.237. The Labute approximate surface area is 126 Å². The van der Waals surface area contributed by atoms with Crippen molar-refractivity contribution in [2.45, 2.75) is 19.3 Å². The number of thiazole rings is 1. The number of fused-ring (bicyclic) bond motifs is 1. The second-order valence-corrected chi connectivity index (χ2v) is 6.91. The van der Waals surface area contributed by atoms with Crippen molar-refractivity contribution in [1.29, 1.82) is 0 Å². The van der Waals surface area contributed by atoms with E-state index in [4.69, 9.17) is 0 Å². The standard InChI is InChI=1S/C14H18BrN3S/c15-11-4-5-12-13(10-11)19-14(17-12)16-6-9-18-7-2-1-3-8-18/h4-5,10H,1-3,6-9H2,(H,16,17). The van der Waals surface area contributed by atoms with Gasteiger partial charge in [0.25, 0.3) is 0 Å². The second kappa shape index (κ2) is 6.20. The van der Waals surface area contributed by atoms with Crippen molar-refractivity contribution in [2.75, 3.05) is 31.5 Å². The maximum absolute atomic E-state index is 4.60. The number of hydrogen-bond acceptors (Lipinski definition) is 4. The number of benzene rings is 1. The number of anilines is 1. The average molecular weight is 340 g/mol. The lowest BCUT2D eigenvalue weighted by Gasteiger charge is -2.26. The van der Waals surface area contributed by atoms with Crippen LogP contribution >= 0.6 is 27.3 Å². The SMILES string of the molecule is Brc1ccc2nc(NCCN3CCCCC3)sc2c1. The normalized spacial score (nSPS) is 16.9. The summed E-state index contributed by atoms with van der Waals surface area (Å²) >= 11 is 5.23. The van der Waals surface area contributed by atoms with E-state index < -0.39 is 0 Å². The van der Waals surface area contributed by atoms with Gasteiger partial charge in [0.15, 0.2) is 5.13 Å². The first-order valence-corrected chi connectivity index (χ1v) is 8.44. The molecule has 19 heavy (non-hydrogen) atoms. The van der Waals surface area contributed by atoms with Gasteiger partial charge in [-0.1, -0.05) is 33.7 Å². The third kappa shape index (κ3) is 3.46. The van der Waals surface area contributed by atoms with Gasteiger partial charge < -0.3 is 10.2 Å². The molecular formula is C14H18BrN3S. The molecule has 0 aliphatic carbocycles. The maximum Gasteiger partial charge on any atom is 0.183 e. The van der Waals surface area contributed by atoms with Crippen LogP contribution in [0.1, 0.15) is 19.3 Å². The summed E-state index contributed by atoms with van der Waals surface area (Å²) in [6.45, 7) is 4.63.